The van der Waals surface area contributed by atoms with Crippen LogP contribution in [0.2, 0.25) is 10.0 Å². The molecule has 0 fully saturated rings. The minimum Gasteiger partial charge on any atom is -0.479 e. The predicted octanol–water partition coefficient (Wildman–Crippen LogP) is 3.98. The number of carboxylic acids is 1. The number of rotatable bonds is 7. The zero-order valence-electron chi connectivity index (χ0n) is 12.7. The van der Waals surface area contributed by atoms with Crippen LogP contribution in [0, 0.1) is 4.91 Å². The van der Waals surface area contributed by atoms with Gasteiger partial charge < -0.3 is 9.84 Å². The van der Waals surface area contributed by atoms with Crippen LogP contribution >= 0.6 is 23.2 Å². The molecule has 130 valence electrons. The van der Waals surface area contributed by atoms with Crippen LogP contribution in [0.4, 0.5) is 11.4 Å². The maximum atomic E-state index is 11.8. The maximum Gasteiger partial charge on any atom is 0.341 e. The molecule has 0 unspecified atom stereocenters. The van der Waals surface area contributed by atoms with Crippen molar-refractivity contribution < 1.29 is 19.4 Å². The number of carbonyl (C=O) groups excluding carboxylic acids is 1. The van der Waals surface area contributed by atoms with E-state index >= 15 is 0 Å². The summed E-state index contributed by atoms with van der Waals surface area (Å²) in [6.45, 7) is -0.743. The van der Waals surface area contributed by atoms with E-state index in [0.717, 1.165) is 5.01 Å². The molecule has 2 rings (SSSR count). The van der Waals surface area contributed by atoms with E-state index in [1.165, 1.54) is 0 Å². The Morgan fingerprint density at radius 2 is 1.72 bits per heavy atom. The summed E-state index contributed by atoms with van der Waals surface area (Å²) in [5, 5.41) is 12.9. The van der Waals surface area contributed by atoms with Crippen LogP contribution in [0.1, 0.15) is 5.56 Å². The first kappa shape index (κ1) is 18.7. The number of esters is 1. The summed E-state index contributed by atoms with van der Waals surface area (Å²) < 4.78 is 4.61. The smallest absolute Gasteiger partial charge is 0.341 e. The van der Waals surface area contributed by atoms with Crippen molar-refractivity contribution in [3.8, 4) is 0 Å². The van der Waals surface area contributed by atoms with Gasteiger partial charge in [-0.05, 0) is 23.8 Å². The third kappa shape index (κ3) is 4.68. The number of para-hydroxylation sites is 2. The number of hydrogen-bond donors (Lipinski definition) is 1. The van der Waals surface area contributed by atoms with Crippen LogP contribution in [0.5, 0.6) is 0 Å². The quantitative estimate of drug-likeness (QED) is 0.441. The Morgan fingerprint density at radius 3 is 2.32 bits per heavy atom. The molecule has 0 aliphatic heterocycles. The molecule has 0 aliphatic rings. The second-order valence-electron chi connectivity index (χ2n) is 4.82. The molecule has 1 N–H and O–H groups in total. The number of hydrogen-bond acceptors (Lipinski definition) is 5. The van der Waals surface area contributed by atoms with Crippen molar-refractivity contribution in [3.05, 3.63) is 63.0 Å². The number of benzene rings is 2. The van der Waals surface area contributed by atoms with Crippen LogP contribution < -0.4 is 5.01 Å². The van der Waals surface area contributed by atoms with Crippen molar-refractivity contribution in [1.82, 2.24) is 0 Å². The maximum absolute atomic E-state index is 11.8. The first-order chi connectivity index (χ1) is 11.9. The second kappa shape index (κ2) is 8.46. The topological polar surface area (TPSA) is 96.3 Å². The monoisotopic (exact) mass is 382 g/mol. The Morgan fingerprint density at radius 1 is 1.08 bits per heavy atom. The fraction of sp³-hybridized carbons (Fsp3) is 0.125. The molecule has 2 aromatic carbocycles. The fourth-order valence-corrected chi connectivity index (χ4v) is 2.67. The molecule has 2 aromatic rings. The molecule has 0 saturated carbocycles. The van der Waals surface area contributed by atoms with Gasteiger partial charge in [0.2, 0.25) is 0 Å². The van der Waals surface area contributed by atoms with Gasteiger partial charge in [-0.25, -0.2) is 4.79 Å². The highest BCUT2D eigenvalue weighted by Gasteiger charge is 2.21. The average Bonchev–Trinajstić information content (AvgIpc) is 2.57. The molecule has 9 heteroatoms. The van der Waals surface area contributed by atoms with E-state index < -0.39 is 18.5 Å². The van der Waals surface area contributed by atoms with E-state index in [0.29, 0.717) is 5.56 Å². The predicted molar refractivity (Wildman–Crippen MR) is 93.1 cm³/mol. The molecule has 0 aliphatic carbocycles. The van der Waals surface area contributed by atoms with E-state index in [2.05, 4.69) is 10.0 Å². The lowest BCUT2D eigenvalue weighted by atomic mass is 10.1. The molecule has 0 aromatic heterocycles. The summed E-state index contributed by atoms with van der Waals surface area (Å²) >= 11 is 12.2. The lowest BCUT2D eigenvalue weighted by Crippen LogP contribution is -2.17. The van der Waals surface area contributed by atoms with Gasteiger partial charge in [0.25, 0.3) is 0 Å². The van der Waals surface area contributed by atoms with Gasteiger partial charge in [0, 0.05) is 0 Å². The molecule has 7 nitrogen and oxygen atoms in total. The van der Waals surface area contributed by atoms with Crippen LogP contribution in [-0.4, -0.2) is 23.7 Å². The summed E-state index contributed by atoms with van der Waals surface area (Å²) in [5.41, 5.74) is 0.848. The number of carbonyl (C=O) groups is 2. The third-order valence-corrected chi connectivity index (χ3v) is 3.75. The molecule has 0 bridgehead atoms. The molecule has 0 spiro atoms. The minimum absolute atomic E-state index is 0.173. The summed E-state index contributed by atoms with van der Waals surface area (Å²) in [5.74, 6) is -2.02. The molecule has 0 heterocycles. The van der Waals surface area contributed by atoms with Crippen molar-refractivity contribution in [3.63, 3.8) is 0 Å². The Bertz CT molecular complexity index is 793. The summed E-state index contributed by atoms with van der Waals surface area (Å²) in [7, 11) is 0. The zero-order chi connectivity index (χ0) is 18.4. The normalized spacial score (nSPS) is 10.2. The summed E-state index contributed by atoms with van der Waals surface area (Å²) in [6.07, 6.45) is -0.252. The van der Waals surface area contributed by atoms with Gasteiger partial charge in [-0.15, -0.1) is 4.91 Å². The van der Waals surface area contributed by atoms with Crippen LogP contribution in [0.15, 0.2) is 47.8 Å². The first-order valence-electron chi connectivity index (χ1n) is 6.96. The van der Waals surface area contributed by atoms with E-state index in [1.807, 2.05) is 0 Å². The fourth-order valence-electron chi connectivity index (χ4n) is 2.11. The first-order valence-corrected chi connectivity index (χ1v) is 7.72. The van der Waals surface area contributed by atoms with Gasteiger partial charge in [-0.3, -0.25) is 4.79 Å². The van der Waals surface area contributed by atoms with Gasteiger partial charge >= 0.3 is 11.9 Å². The number of aliphatic carboxylic acids is 1. The van der Waals surface area contributed by atoms with Crippen molar-refractivity contribution >= 4 is 46.5 Å². The van der Waals surface area contributed by atoms with Crippen LogP contribution in [-0.2, 0) is 20.7 Å². The van der Waals surface area contributed by atoms with Gasteiger partial charge in [-0.2, -0.15) is 5.01 Å². The van der Waals surface area contributed by atoms with E-state index in [9.17, 15) is 14.5 Å². The van der Waals surface area contributed by atoms with Crippen LogP contribution in [0.3, 0.4) is 0 Å². The summed E-state index contributed by atoms with van der Waals surface area (Å²) in [4.78, 5) is 33.7. The van der Waals surface area contributed by atoms with E-state index in [1.54, 1.807) is 42.5 Å². The van der Waals surface area contributed by atoms with Crippen molar-refractivity contribution in [1.29, 1.82) is 0 Å². The molecule has 0 saturated heterocycles. The zero-order valence-corrected chi connectivity index (χ0v) is 14.2. The number of nitrogens with zero attached hydrogens (tertiary/aromatic N) is 2. The number of carboxylic acid groups (broad SMARTS) is 1. The van der Waals surface area contributed by atoms with Crippen molar-refractivity contribution in [2.75, 3.05) is 11.6 Å². The molecule has 0 atom stereocenters. The third-order valence-electron chi connectivity index (χ3n) is 3.14. The molecular weight excluding hydrogens is 371 g/mol. The van der Waals surface area contributed by atoms with E-state index in [4.69, 9.17) is 28.3 Å². The number of nitroso groups, excluding NO2 is 1. The molecule has 0 radical (unpaired) electrons. The highest BCUT2D eigenvalue weighted by Crippen LogP contribution is 2.39. The lowest BCUT2D eigenvalue weighted by molar-refractivity contribution is -0.154. The van der Waals surface area contributed by atoms with Gasteiger partial charge in [0.05, 0.1) is 27.4 Å². The molecule has 25 heavy (non-hydrogen) atoms. The standard InChI is InChI=1S/C16H12Cl2N2O5/c17-11-5-3-6-12(18)16(11)20(19-24)13-7-2-1-4-10(13)8-15(23)25-9-14(21)22/h1-7H,8-9H2,(H,21,22). The Balaban J connectivity index is 2.36. The van der Waals surface area contributed by atoms with E-state index in [-0.39, 0.29) is 27.8 Å². The number of anilines is 2. The highest BCUT2D eigenvalue weighted by molar-refractivity contribution is 6.39. The largest absolute Gasteiger partial charge is 0.479 e. The average molecular weight is 383 g/mol. The van der Waals surface area contributed by atoms with Gasteiger partial charge in [0.15, 0.2) is 6.61 Å². The Kier molecular flexibility index (Phi) is 6.32. The van der Waals surface area contributed by atoms with Crippen molar-refractivity contribution in [2.24, 2.45) is 5.29 Å². The Hall–Kier alpha value is -2.64. The Labute approximate surface area is 152 Å². The summed E-state index contributed by atoms with van der Waals surface area (Å²) in [6, 6.07) is 11.1. The van der Waals surface area contributed by atoms with Gasteiger partial charge in [-0.1, -0.05) is 47.5 Å². The lowest BCUT2D eigenvalue weighted by Gasteiger charge is -2.20. The molecular formula is C16H12Cl2N2O5. The highest BCUT2D eigenvalue weighted by atomic mass is 35.5. The SMILES string of the molecule is O=NN(c1ccccc1CC(=O)OCC(=O)O)c1c(Cl)cccc1Cl. The number of halogens is 2. The minimum atomic E-state index is -1.26. The molecule has 0 amide bonds. The second-order valence-corrected chi connectivity index (χ2v) is 5.64. The van der Waals surface area contributed by atoms with Crippen molar-refractivity contribution in [2.45, 2.75) is 6.42 Å². The number of ether oxygens (including phenoxy) is 1. The van der Waals surface area contributed by atoms with Crippen LogP contribution in [0.25, 0.3) is 0 Å². The van der Waals surface area contributed by atoms with Gasteiger partial charge in [0.1, 0.15) is 5.69 Å².